The number of hydrogen-bond donors (Lipinski definition) is 3. The molecule has 0 aromatic heterocycles. The second kappa shape index (κ2) is 10.8. The molecule has 184 valence electrons. The molecule has 4 rings (SSSR count). The van der Waals surface area contributed by atoms with Crippen LogP contribution in [-0.2, 0) is 16.6 Å². The SMILES string of the molecule is COc1ccc(CNc2cc(C(=O)NC3CCCC3)cc(S(=O)(=O)Nc3ccccc3)c2)cc1C. The molecule has 8 heteroatoms. The van der Waals surface area contributed by atoms with Gasteiger partial charge in [0.2, 0.25) is 0 Å². The van der Waals surface area contributed by atoms with E-state index in [9.17, 15) is 13.2 Å². The van der Waals surface area contributed by atoms with Crippen molar-refractivity contribution in [2.24, 2.45) is 0 Å². The van der Waals surface area contributed by atoms with Gasteiger partial charge in [-0.3, -0.25) is 9.52 Å². The van der Waals surface area contributed by atoms with Gasteiger partial charge in [-0.2, -0.15) is 0 Å². The van der Waals surface area contributed by atoms with Crippen LogP contribution in [-0.4, -0.2) is 27.5 Å². The molecule has 1 fully saturated rings. The van der Waals surface area contributed by atoms with Crippen molar-refractivity contribution in [3.63, 3.8) is 0 Å². The largest absolute Gasteiger partial charge is 0.496 e. The standard InChI is InChI=1S/C27H31N3O4S/c1-19-14-20(12-13-26(19)34-2)18-28-24-15-21(27(31)29-22-8-6-7-9-22)16-25(17-24)35(32,33)30-23-10-4-3-5-11-23/h3-5,10-17,22,28,30H,6-9,18H2,1-2H3,(H,29,31). The summed E-state index contributed by atoms with van der Waals surface area (Å²) >= 11 is 0. The Bertz CT molecular complexity index is 1290. The zero-order chi connectivity index (χ0) is 24.8. The highest BCUT2D eigenvalue weighted by Crippen LogP contribution is 2.25. The van der Waals surface area contributed by atoms with Crippen molar-refractivity contribution in [1.29, 1.82) is 0 Å². The number of carbonyl (C=O) groups excluding carboxylic acids is 1. The number of hydrogen-bond acceptors (Lipinski definition) is 5. The predicted molar refractivity (Wildman–Crippen MR) is 138 cm³/mol. The maximum atomic E-state index is 13.2. The summed E-state index contributed by atoms with van der Waals surface area (Å²) in [5.74, 6) is 0.539. The number of para-hydroxylation sites is 1. The number of benzene rings is 3. The fourth-order valence-electron chi connectivity index (χ4n) is 4.30. The summed E-state index contributed by atoms with van der Waals surface area (Å²) < 4.78 is 34.3. The van der Waals surface area contributed by atoms with Crippen LogP contribution in [0, 0.1) is 6.92 Å². The summed E-state index contributed by atoms with van der Waals surface area (Å²) in [6.45, 7) is 2.43. The van der Waals surface area contributed by atoms with Crippen molar-refractivity contribution in [3.8, 4) is 5.75 Å². The van der Waals surface area contributed by atoms with Crippen LogP contribution in [0.4, 0.5) is 11.4 Å². The molecule has 1 amide bonds. The zero-order valence-electron chi connectivity index (χ0n) is 20.0. The lowest BCUT2D eigenvalue weighted by Gasteiger charge is -2.16. The summed E-state index contributed by atoms with van der Waals surface area (Å²) in [4.78, 5) is 13.0. The lowest BCUT2D eigenvalue weighted by atomic mass is 10.1. The van der Waals surface area contributed by atoms with E-state index in [0.717, 1.165) is 42.6 Å². The van der Waals surface area contributed by atoms with Crippen molar-refractivity contribution in [2.75, 3.05) is 17.1 Å². The Labute approximate surface area is 207 Å². The van der Waals surface area contributed by atoms with Crippen LogP contribution in [0.25, 0.3) is 0 Å². The van der Waals surface area contributed by atoms with Crippen LogP contribution in [0.2, 0.25) is 0 Å². The number of ether oxygens (including phenoxy) is 1. The number of anilines is 2. The van der Waals surface area contributed by atoms with Crippen molar-refractivity contribution in [1.82, 2.24) is 5.32 Å². The van der Waals surface area contributed by atoms with Gasteiger partial charge in [-0.05, 0) is 67.3 Å². The number of methoxy groups -OCH3 is 1. The molecule has 0 atom stereocenters. The zero-order valence-corrected chi connectivity index (χ0v) is 20.8. The Hall–Kier alpha value is -3.52. The van der Waals surface area contributed by atoms with Crippen LogP contribution in [0.1, 0.15) is 47.2 Å². The van der Waals surface area contributed by atoms with Gasteiger partial charge in [0.15, 0.2) is 0 Å². The van der Waals surface area contributed by atoms with Gasteiger partial charge in [-0.1, -0.05) is 43.2 Å². The highest BCUT2D eigenvalue weighted by Gasteiger charge is 2.22. The number of amides is 1. The molecular formula is C27H31N3O4S. The third-order valence-electron chi connectivity index (χ3n) is 6.15. The van der Waals surface area contributed by atoms with E-state index in [4.69, 9.17) is 4.74 Å². The van der Waals surface area contributed by atoms with Gasteiger partial charge in [-0.25, -0.2) is 8.42 Å². The van der Waals surface area contributed by atoms with Gasteiger partial charge >= 0.3 is 0 Å². The van der Waals surface area contributed by atoms with Gasteiger partial charge in [-0.15, -0.1) is 0 Å². The number of carbonyl (C=O) groups is 1. The maximum absolute atomic E-state index is 13.2. The van der Waals surface area contributed by atoms with E-state index >= 15 is 0 Å². The first-order chi connectivity index (χ1) is 16.8. The fraction of sp³-hybridized carbons (Fsp3) is 0.296. The molecule has 35 heavy (non-hydrogen) atoms. The van der Waals surface area contributed by atoms with Gasteiger partial charge in [0.25, 0.3) is 15.9 Å². The molecule has 7 nitrogen and oxygen atoms in total. The van der Waals surface area contributed by atoms with Crippen molar-refractivity contribution in [3.05, 3.63) is 83.4 Å². The smallest absolute Gasteiger partial charge is 0.261 e. The molecule has 0 aliphatic heterocycles. The number of sulfonamides is 1. The van der Waals surface area contributed by atoms with Gasteiger partial charge in [0, 0.05) is 29.5 Å². The first kappa shape index (κ1) is 24.6. The van der Waals surface area contributed by atoms with E-state index in [2.05, 4.69) is 15.4 Å². The highest BCUT2D eigenvalue weighted by molar-refractivity contribution is 7.92. The van der Waals surface area contributed by atoms with Gasteiger partial charge < -0.3 is 15.4 Å². The summed E-state index contributed by atoms with van der Waals surface area (Å²) in [6, 6.07) is 19.4. The van der Waals surface area contributed by atoms with E-state index in [1.807, 2.05) is 31.2 Å². The van der Waals surface area contributed by atoms with Crippen molar-refractivity contribution in [2.45, 2.75) is 50.1 Å². The van der Waals surface area contributed by atoms with E-state index in [1.54, 1.807) is 43.5 Å². The Kier molecular flexibility index (Phi) is 7.60. The number of nitrogens with one attached hydrogen (secondary N) is 3. The van der Waals surface area contributed by atoms with Gasteiger partial charge in [0.1, 0.15) is 5.75 Å². The summed E-state index contributed by atoms with van der Waals surface area (Å²) in [6.07, 6.45) is 4.07. The minimum Gasteiger partial charge on any atom is -0.496 e. The molecular weight excluding hydrogens is 462 g/mol. The molecule has 3 aromatic rings. The van der Waals surface area contributed by atoms with Crippen molar-refractivity contribution >= 4 is 27.3 Å². The van der Waals surface area contributed by atoms with E-state index < -0.39 is 10.0 Å². The van der Waals surface area contributed by atoms with E-state index in [-0.39, 0.29) is 16.8 Å². The van der Waals surface area contributed by atoms with Crippen LogP contribution in [0.5, 0.6) is 5.75 Å². The monoisotopic (exact) mass is 493 g/mol. The van der Waals surface area contributed by atoms with Crippen molar-refractivity contribution < 1.29 is 17.9 Å². The molecule has 0 saturated heterocycles. The van der Waals surface area contributed by atoms with E-state index in [1.165, 1.54) is 6.07 Å². The minimum atomic E-state index is -3.90. The predicted octanol–water partition coefficient (Wildman–Crippen LogP) is 5.09. The molecule has 3 aromatic carbocycles. The number of aryl methyl sites for hydroxylation is 1. The molecule has 0 heterocycles. The molecule has 1 saturated carbocycles. The minimum absolute atomic E-state index is 0.0221. The summed E-state index contributed by atoms with van der Waals surface area (Å²) in [5, 5.41) is 6.33. The average molecular weight is 494 g/mol. The van der Waals surface area contributed by atoms with Gasteiger partial charge in [0.05, 0.1) is 12.0 Å². The molecule has 0 spiro atoms. The number of rotatable bonds is 9. The average Bonchev–Trinajstić information content (AvgIpc) is 3.36. The molecule has 1 aliphatic carbocycles. The second-order valence-electron chi connectivity index (χ2n) is 8.83. The molecule has 0 unspecified atom stereocenters. The molecule has 1 aliphatic rings. The van der Waals surface area contributed by atoms with Crippen LogP contribution < -0.4 is 20.1 Å². The quantitative estimate of drug-likeness (QED) is 0.386. The van der Waals surface area contributed by atoms with Crippen LogP contribution in [0.3, 0.4) is 0 Å². The summed E-state index contributed by atoms with van der Waals surface area (Å²) in [5.41, 5.74) is 3.33. The Morgan fingerprint density at radius 3 is 2.40 bits per heavy atom. The molecule has 0 bridgehead atoms. The van der Waals surface area contributed by atoms with Crippen LogP contribution >= 0.6 is 0 Å². The van der Waals surface area contributed by atoms with Crippen LogP contribution in [0.15, 0.2) is 71.6 Å². The maximum Gasteiger partial charge on any atom is 0.261 e. The van der Waals surface area contributed by atoms with E-state index in [0.29, 0.717) is 23.5 Å². The third kappa shape index (κ3) is 6.33. The first-order valence-electron chi connectivity index (χ1n) is 11.8. The lowest BCUT2D eigenvalue weighted by Crippen LogP contribution is -2.32. The molecule has 3 N–H and O–H groups in total. The summed E-state index contributed by atoms with van der Waals surface area (Å²) in [7, 11) is -2.27. The normalized spacial score (nSPS) is 13.9. The third-order valence-corrected chi connectivity index (χ3v) is 7.51. The highest BCUT2D eigenvalue weighted by atomic mass is 32.2. The topological polar surface area (TPSA) is 96.5 Å². The Morgan fingerprint density at radius 1 is 0.971 bits per heavy atom. The Balaban J connectivity index is 1.61. The second-order valence-corrected chi connectivity index (χ2v) is 10.5. The first-order valence-corrected chi connectivity index (χ1v) is 13.2. The Morgan fingerprint density at radius 2 is 1.71 bits per heavy atom. The fourth-order valence-corrected chi connectivity index (χ4v) is 5.43. The molecule has 0 radical (unpaired) electrons. The lowest BCUT2D eigenvalue weighted by molar-refractivity contribution is 0.0937.